The van der Waals surface area contributed by atoms with E-state index in [0.29, 0.717) is 11.6 Å². The molecule has 10 heteroatoms. The molecule has 1 aliphatic rings. The highest BCUT2D eigenvalue weighted by atomic mass is 19.4. The fraction of sp³-hybridized carbons (Fsp3) is 0.370. The Balaban J connectivity index is 1.21. The van der Waals surface area contributed by atoms with Crippen molar-refractivity contribution in [2.24, 2.45) is 0 Å². The summed E-state index contributed by atoms with van der Waals surface area (Å²) in [5.74, 6) is 1.46. The van der Waals surface area contributed by atoms with Gasteiger partial charge in [0.05, 0.1) is 17.4 Å². The van der Waals surface area contributed by atoms with Crippen molar-refractivity contribution >= 4 is 22.7 Å². The highest BCUT2D eigenvalue weighted by Crippen LogP contribution is 2.34. The van der Waals surface area contributed by atoms with Crippen LogP contribution in [0.2, 0.25) is 0 Å². The molecule has 0 bridgehead atoms. The predicted molar refractivity (Wildman–Crippen MR) is 139 cm³/mol. The second kappa shape index (κ2) is 10.4. The summed E-state index contributed by atoms with van der Waals surface area (Å²) >= 11 is 0. The Bertz CT molecular complexity index is 1340. The van der Waals surface area contributed by atoms with Crippen molar-refractivity contribution in [2.75, 3.05) is 24.3 Å². The topological polar surface area (TPSA) is 70.9 Å². The van der Waals surface area contributed by atoms with E-state index in [1.54, 1.807) is 30.3 Å². The van der Waals surface area contributed by atoms with Crippen LogP contribution in [0.5, 0.6) is 0 Å². The second-order valence-corrected chi connectivity index (χ2v) is 9.62. The molecular formula is C27H30F3N7. The number of rotatable bonds is 7. The molecule has 2 heterocycles. The lowest BCUT2D eigenvalue weighted by Crippen LogP contribution is -2.37. The van der Waals surface area contributed by atoms with E-state index in [1.807, 2.05) is 43.3 Å². The van der Waals surface area contributed by atoms with Crippen molar-refractivity contribution in [1.29, 1.82) is 0 Å². The summed E-state index contributed by atoms with van der Waals surface area (Å²) in [6.45, 7) is 0.115. The van der Waals surface area contributed by atoms with Crippen LogP contribution in [0.3, 0.4) is 0 Å². The van der Waals surface area contributed by atoms with Crippen molar-refractivity contribution in [3.05, 3.63) is 72.1 Å². The standard InChI is InChI=1S/C27H30F3N7/c1-36(2)25-22-10-6-7-11-23(22)34-26(35-25)33-20-14-12-19(13-15-20)31-16-18-17-32-37(24(18)27(28,29)30)21-8-4-3-5-9-21/h3-11,17,19-20,31H,12-16H2,1-2H3,(H,33,34,35). The maximum atomic E-state index is 13.9. The van der Waals surface area contributed by atoms with Gasteiger partial charge in [-0.2, -0.15) is 23.3 Å². The first-order chi connectivity index (χ1) is 17.8. The Morgan fingerprint density at radius 1 is 0.919 bits per heavy atom. The largest absolute Gasteiger partial charge is 0.433 e. The average Bonchev–Trinajstić information content (AvgIpc) is 3.33. The van der Waals surface area contributed by atoms with Crippen LogP contribution in [-0.4, -0.2) is 45.9 Å². The highest BCUT2D eigenvalue weighted by molar-refractivity contribution is 5.90. The Kier molecular flexibility index (Phi) is 7.01. The SMILES string of the molecule is CN(C)c1nc(NC2CCC(NCc3cnn(-c4ccccc4)c3C(F)(F)F)CC2)nc2ccccc12. The summed E-state index contributed by atoms with van der Waals surface area (Å²) in [4.78, 5) is 11.4. The Morgan fingerprint density at radius 3 is 2.30 bits per heavy atom. The minimum Gasteiger partial charge on any atom is -0.362 e. The molecule has 1 aliphatic carbocycles. The molecule has 0 unspecified atom stereocenters. The monoisotopic (exact) mass is 509 g/mol. The maximum absolute atomic E-state index is 13.9. The lowest BCUT2D eigenvalue weighted by molar-refractivity contribution is -0.143. The van der Waals surface area contributed by atoms with E-state index in [0.717, 1.165) is 47.1 Å². The van der Waals surface area contributed by atoms with Crippen LogP contribution < -0.4 is 15.5 Å². The van der Waals surface area contributed by atoms with Crippen LogP contribution in [0.4, 0.5) is 24.9 Å². The van der Waals surface area contributed by atoms with E-state index in [4.69, 9.17) is 4.98 Å². The molecule has 2 aromatic heterocycles. The third-order valence-corrected chi connectivity index (χ3v) is 6.76. The van der Waals surface area contributed by atoms with Crippen molar-refractivity contribution in [2.45, 2.75) is 50.5 Å². The molecule has 0 amide bonds. The molecule has 0 spiro atoms. The van der Waals surface area contributed by atoms with Crippen LogP contribution in [0.25, 0.3) is 16.6 Å². The summed E-state index contributed by atoms with van der Waals surface area (Å²) in [6, 6.07) is 16.7. The molecule has 2 N–H and O–H groups in total. The van der Waals surface area contributed by atoms with Gasteiger partial charge in [-0.3, -0.25) is 0 Å². The summed E-state index contributed by atoms with van der Waals surface area (Å²) in [5, 5.41) is 11.8. The minimum absolute atomic E-state index is 0.115. The molecule has 37 heavy (non-hydrogen) atoms. The number of nitrogens with zero attached hydrogens (tertiary/aromatic N) is 5. The van der Waals surface area contributed by atoms with E-state index in [2.05, 4.69) is 20.7 Å². The van der Waals surface area contributed by atoms with Gasteiger partial charge in [0.2, 0.25) is 5.95 Å². The van der Waals surface area contributed by atoms with Crippen LogP contribution in [0.15, 0.2) is 60.8 Å². The quantitative estimate of drug-likeness (QED) is 0.347. The van der Waals surface area contributed by atoms with Crippen LogP contribution in [0, 0.1) is 0 Å². The van der Waals surface area contributed by atoms with E-state index >= 15 is 0 Å². The van der Waals surface area contributed by atoms with Gasteiger partial charge in [-0.05, 0) is 49.9 Å². The molecule has 4 aromatic rings. The lowest BCUT2D eigenvalue weighted by atomic mass is 9.91. The molecule has 5 rings (SSSR count). The lowest BCUT2D eigenvalue weighted by Gasteiger charge is -2.30. The van der Waals surface area contributed by atoms with Gasteiger partial charge < -0.3 is 15.5 Å². The third-order valence-electron chi connectivity index (χ3n) is 6.76. The normalized spacial score (nSPS) is 18.2. The van der Waals surface area contributed by atoms with Crippen molar-refractivity contribution in [3.8, 4) is 5.69 Å². The van der Waals surface area contributed by atoms with Crippen molar-refractivity contribution < 1.29 is 13.2 Å². The molecule has 2 aromatic carbocycles. The molecule has 0 aliphatic heterocycles. The van der Waals surface area contributed by atoms with Crippen molar-refractivity contribution in [1.82, 2.24) is 25.1 Å². The van der Waals surface area contributed by atoms with E-state index < -0.39 is 11.9 Å². The molecule has 0 radical (unpaired) electrons. The van der Waals surface area contributed by atoms with Crippen LogP contribution >= 0.6 is 0 Å². The number of aromatic nitrogens is 4. The first-order valence-electron chi connectivity index (χ1n) is 12.4. The molecule has 1 fully saturated rings. The Morgan fingerprint density at radius 2 is 1.59 bits per heavy atom. The van der Waals surface area contributed by atoms with Gasteiger partial charge in [0.15, 0.2) is 5.69 Å². The molecule has 7 nitrogen and oxygen atoms in total. The van der Waals surface area contributed by atoms with Gasteiger partial charge in [-0.15, -0.1) is 0 Å². The number of hydrogen-bond donors (Lipinski definition) is 2. The van der Waals surface area contributed by atoms with Crippen LogP contribution in [-0.2, 0) is 12.7 Å². The smallest absolute Gasteiger partial charge is 0.362 e. The fourth-order valence-corrected chi connectivity index (χ4v) is 4.92. The van der Waals surface area contributed by atoms with Crippen molar-refractivity contribution in [3.63, 3.8) is 0 Å². The number of hydrogen-bond acceptors (Lipinski definition) is 6. The van der Waals surface area contributed by atoms with Gasteiger partial charge in [0.25, 0.3) is 0 Å². The molecule has 194 valence electrons. The van der Waals surface area contributed by atoms with E-state index in [9.17, 15) is 13.2 Å². The summed E-state index contributed by atoms with van der Waals surface area (Å²) < 4.78 is 42.7. The zero-order valence-electron chi connectivity index (χ0n) is 20.8. The molecule has 1 saturated carbocycles. The number of alkyl halides is 3. The van der Waals surface area contributed by atoms with Gasteiger partial charge in [0, 0.05) is 43.7 Å². The zero-order valence-corrected chi connectivity index (χ0v) is 20.8. The summed E-state index contributed by atoms with van der Waals surface area (Å²) in [7, 11) is 3.92. The van der Waals surface area contributed by atoms with E-state index in [1.165, 1.54) is 6.20 Å². The number of para-hydroxylation sites is 2. The number of fused-ring (bicyclic) bond motifs is 1. The van der Waals surface area contributed by atoms with Gasteiger partial charge in [0.1, 0.15) is 5.82 Å². The number of halogens is 3. The zero-order chi connectivity index (χ0) is 26.0. The third kappa shape index (κ3) is 5.53. The van der Waals surface area contributed by atoms with Gasteiger partial charge in [-0.25, -0.2) is 9.67 Å². The second-order valence-electron chi connectivity index (χ2n) is 9.62. The van der Waals surface area contributed by atoms with Gasteiger partial charge in [-0.1, -0.05) is 30.3 Å². The van der Waals surface area contributed by atoms with Gasteiger partial charge >= 0.3 is 6.18 Å². The summed E-state index contributed by atoms with van der Waals surface area (Å²) in [5.41, 5.74) is 0.695. The highest BCUT2D eigenvalue weighted by Gasteiger charge is 2.38. The molecule has 0 saturated heterocycles. The Hall–Kier alpha value is -3.66. The average molecular weight is 510 g/mol. The first kappa shape index (κ1) is 25.0. The maximum Gasteiger partial charge on any atom is 0.433 e. The Labute approximate surface area is 213 Å². The fourth-order valence-electron chi connectivity index (χ4n) is 4.92. The minimum atomic E-state index is -4.50. The van der Waals surface area contributed by atoms with Crippen LogP contribution in [0.1, 0.15) is 36.9 Å². The summed E-state index contributed by atoms with van der Waals surface area (Å²) in [6.07, 6.45) is 0.257. The molecule has 0 atom stereocenters. The predicted octanol–water partition coefficient (Wildman–Crippen LogP) is 5.41. The number of anilines is 2. The first-order valence-corrected chi connectivity index (χ1v) is 12.4. The molecular weight excluding hydrogens is 479 g/mol. The number of nitrogens with one attached hydrogen (secondary N) is 2. The number of benzene rings is 2. The van der Waals surface area contributed by atoms with E-state index in [-0.39, 0.29) is 24.2 Å².